The molecule has 6 nitrogen and oxygen atoms in total. The fraction of sp³-hybridized carbons (Fsp3) is 0.389. The molecular formula is C18H20ClN5O. The molecule has 5 N–H and O–H groups in total. The molecule has 25 heavy (non-hydrogen) atoms. The van der Waals surface area contributed by atoms with Gasteiger partial charge in [-0.15, -0.1) is 0 Å². The average molecular weight is 358 g/mol. The predicted molar refractivity (Wildman–Crippen MR) is 97.0 cm³/mol. The Bertz CT molecular complexity index is 833. The van der Waals surface area contributed by atoms with E-state index in [9.17, 15) is 10.4 Å². The van der Waals surface area contributed by atoms with E-state index in [1.165, 1.54) is 6.07 Å². The smallest absolute Gasteiger partial charge is 0.165 e. The molecule has 0 aliphatic heterocycles. The number of hydrogen-bond donors (Lipinski definition) is 3. The maximum Gasteiger partial charge on any atom is 0.165 e. The molecule has 1 fully saturated rings. The van der Waals surface area contributed by atoms with Crippen molar-refractivity contribution in [1.29, 1.82) is 5.26 Å². The molecule has 0 amide bonds. The first kappa shape index (κ1) is 17.5. The number of aromatic nitrogens is 2. The molecule has 0 radical (unpaired) electrons. The van der Waals surface area contributed by atoms with Crippen LogP contribution in [0.15, 0.2) is 18.2 Å². The van der Waals surface area contributed by atoms with Crippen molar-refractivity contribution in [1.82, 2.24) is 9.97 Å². The Morgan fingerprint density at radius 3 is 2.84 bits per heavy atom. The first-order valence-corrected chi connectivity index (χ1v) is 8.67. The second kappa shape index (κ2) is 7.26. The average Bonchev–Trinajstić information content (AvgIpc) is 2.63. The van der Waals surface area contributed by atoms with Crippen molar-refractivity contribution in [3.05, 3.63) is 34.5 Å². The highest BCUT2D eigenvalue weighted by atomic mass is 35.5. The van der Waals surface area contributed by atoms with Crippen LogP contribution in [0.2, 0.25) is 5.02 Å². The number of anilines is 1. The molecule has 1 saturated carbocycles. The normalized spacial score (nSPS) is 20.2. The van der Waals surface area contributed by atoms with Crippen LogP contribution in [-0.4, -0.2) is 21.6 Å². The molecule has 3 rings (SSSR count). The molecule has 2 atom stereocenters. The van der Waals surface area contributed by atoms with Gasteiger partial charge in [0.15, 0.2) is 5.82 Å². The third-order valence-electron chi connectivity index (χ3n) is 4.78. The molecule has 1 heterocycles. The second-order valence-corrected chi connectivity index (χ2v) is 6.87. The fourth-order valence-corrected chi connectivity index (χ4v) is 3.64. The van der Waals surface area contributed by atoms with E-state index in [4.69, 9.17) is 23.1 Å². The van der Waals surface area contributed by atoms with Gasteiger partial charge in [0.25, 0.3) is 0 Å². The topological polar surface area (TPSA) is 122 Å². The monoisotopic (exact) mass is 357 g/mol. The Morgan fingerprint density at radius 1 is 1.32 bits per heavy atom. The minimum atomic E-state index is 0.0166. The predicted octanol–water partition coefficient (Wildman–Crippen LogP) is 3.19. The van der Waals surface area contributed by atoms with Crippen LogP contribution in [0.3, 0.4) is 0 Å². The highest BCUT2D eigenvalue weighted by Gasteiger charge is 2.28. The Balaban J connectivity index is 2.10. The summed E-state index contributed by atoms with van der Waals surface area (Å²) in [5, 5.41) is 20.1. The summed E-state index contributed by atoms with van der Waals surface area (Å²) < 4.78 is 0. The van der Waals surface area contributed by atoms with Crippen molar-refractivity contribution < 1.29 is 5.11 Å². The quantitative estimate of drug-likeness (QED) is 0.775. The maximum absolute atomic E-state index is 10.1. The van der Waals surface area contributed by atoms with E-state index in [-0.39, 0.29) is 23.3 Å². The van der Waals surface area contributed by atoms with Gasteiger partial charge in [-0.25, -0.2) is 9.97 Å². The number of nitrogens with zero attached hydrogens (tertiary/aromatic N) is 3. The summed E-state index contributed by atoms with van der Waals surface area (Å²) in [4.78, 5) is 8.81. The molecule has 1 aliphatic rings. The number of hydrogen-bond acceptors (Lipinski definition) is 6. The molecule has 2 unspecified atom stereocenters. The zero-order valence-electron chi connectivity index (χ0n) is 13.7. The van der Waals surface area contributed by atoms with Crippen LogP contribution in [0.1, 0.15) is 42.9 Å². The number of phenolic OH excluding ortho intramolecular Hbond substituents is 1. The van der Waals surface area contributed by atoms with Crippen LogP contribution in [0.5, 0.6) is 5.75 Å². The minimum Gasteiger partial charge on any atom is -0.507 e. The van der Waals surface area contributed by atoms with Gasteiger partial charge in [0.05, 0.1) is 11.3 Å². The lowest BCUT2D eigenvalue weighted by molar-refractivity contribution is 0.324. The van der Waals surface area contributed by atoms with Gasteiger partial charge in [-0.3, -0.25) is 0 Å². The van der Waals surface area contributed by atoms with Crippen LogP contribution in [0.25, 0.3) is 11.4 Å². The highest BCUT2D eigenvalue weighted by Crippen LogP contribution is 2.39. The van der Waals surface area contributed by atoms with E-state index in [0.29, 0.717) is 34.3 Å². The van der Waals surface area contributed by atoms with Gasteiger partial charge in [-0.2, -0.15) is 5.26 Å². The van der Waals surface area contributed by atoms with Gasteiger partial charge >= 0.3 is 0 Å². The molecule has 1 aromatic carbocycles. The number of rotatable bonds is 3. The largest absolute Gasteiger partial charge is 0.507 e. The van der Waals surface area contributed by atoms with Crippen LogP contribution in [0, 0.1) is 17.2 Å². The van der Waals surface area contributed by atoms with Crippen molar-refractivity contribution in [2.75, 3.05) is 12.3 Å². The third kappa shape index (κ3) is 3.53. The second-order valence-electron chi connectivity index (χ2n) is 6.43. The number of benzene rings is 1. The Labute approximate surface area is 151 Å². The van der Waals surface area contributed by atoms with Gasteiger partial charge in [0.2, 0.25) is 0 Å². The van der Waals surface area contributed by atoms with E-state index in [1.54, 1.807) is 12.1 Å². The van der Waals surface area contributed by atoms with E-state index in [2.05, 4.69) is 16.0 Å². The SMILES string of the molecule is N#Cc1c(N)nc(-c2cc(Cl)ccc2O)nc1C1CCCC(CN)C1. The number of halogens is 1. The van der Waals surface area contributed by atoms with Crippen molar-refractivity contribution in [3.8, 4) is 23.2 Å². The Kier molecular flexibility index (Phi) is 5.07. The summed E-state index contributed by atoms with van der Waals surface area (Å²) in [5.41, 5.74) is 13.2. The Hall–Kier alpha value is -2.36. The summed E-state index contributed by atoms with van der Waals surface area (Å²) in [6.07, 6.45) is 3.95. The zero-order valence-corrected chi connectivity index (χ0v) is 14.5. The lowest BCUT2D eigenvalue weighted by Crippen LogP contribution is -2.23. The minimum absolute atomic E-state index is 0.0166. The summed E-state index contributed by atoms with van der Waals surface area (Å²) >= 11 is 6.03. The van der Waals surface area contributed by atoms with E-state index in [0.717, 1.165) is 25.7 Å². The summed E-state index contributed by atoms with van der Waals surface area (Å²) in [7, 11) is 0. The molecule has 0 saturated heterocycles. The molecule has 0 spiro atoms. The molecule has 0 bridgehead atoms. The fourth-order valence-electron chi connectivity index (χ4n) is 3.47. The summed E-state index contributed by atoms with van der Waals surface area (Å²) in [5.74, 6) is 0.952. The molecule has 7 heteroatoms. The van der Waals surface area contributed by atoms with Crippen molar-refractivity contribution in [3.63, 3.8) is 0 Å². The number of phenols is 1. The number of nitrogens with two attached hydrogens (primary N) is 2. The van der Waals surface area contributed by atoms with E-state index < -0.39 is 0 Å². The van der Waals surface area contributed by atoms with E-state index in [1.807, 2.05) is 0 Å². The molecular weight excluding hydrogens is 338 g/mol. The summed E-state index contributed by atoms with van der Waals surface area (Å²) in [6, 6.07) is 6.79. The molecule has 1 aromatic heterocycles. The zero-order chi connectivity index (χ0) is 18.0. The van der Waals surface area contributed by atoms with Crippen molar-refractivity contribution in [2.45, 2.75) is 31.6 Å². The number of nitriles is 1. The number of nitrogen functional groups attached to an aromatic ring is 1. The van der Waals surface area contributed by atoms with Crippen molar-refractivity contribution in [2.24, 2.45) is 11.7 Å². The molecule has 1 aliphatic carbocycles. The highest BCUT2D eigenvalue weighted by molar-refractivity contribution is 6.30. The maximum atomic E-state index is 10.1. The summed E-state index contributed by atoms with van der Waals surface area (Å²) in [6.45, 7) is 0.626. The molecule has 2 aromatic rings. The van der Waals surface area contributed by atoms with Gasteiger partial charge in [0.1, 0.15) is 23.2 Å². The first-order chi connectivity index (χ1) is 12.0. The third-order valence-corrected chi connectivity index (χ3v) is 5.01. The van der Waals surface area contributed by atoms with E-state index >= 15 is 0 Å². The van der Waals surface area contributed by atoms with Gasteiger partial charge in [-0.1, -0.05) is 18.0 Å². The van der Waals surface area contributed by atoms with Gasteiger partial charge in [0, 0.05) is 10.9 Å². The van der Waals surface area contributed by atoms with Crippen LogP contribution < -0.4 is 11.5 Å². The van der Waals surface area contributed by atoms with Crippen LogP contribution in [-0.2, 0) is 0 Å². The number of aromatic hydroxyl groups is 1. The van der Waals surface area contributed by atoms with Gasteiger partial charge in [-0.05, 0) is 49.9 Å². The van der Waals surface area contributed by atoms with Crippen LogP contribution >= 0.6 is 11.6 Å². The van der Waals surface area contributed by atoms with Gasteiger partial charge < -0.3 is 16.6 Å². The first-order valence-electron chi connectivity index (χ1n) is 8.30. The molecule has 130 valence electrons. The lowest BCUT2D eigenvalue weighted by atomic mass is 9.79. The Morgan fingerprint density at radius 2 is 2.12 bits per heavy atom. The van der Waals surface area contributed by atoms with Crippen molar-refractivity contribution >= 4 is 17.4 Å². The lowest BCUT2D eigenvalue weighted by Gasteiger charge is -2.28. The standard InChI is InChI=1S/C18H20ClN5O/c19-12-4-5-15(25)13(7-12)18-23-16(14(9-21)17(22)24-18)11-3-1-2-10(6-11)8-20/h4-5,7,10-11,25H,1-3,6,8,20H2,(H2,22,23,24). The van der Waals surface area contributed by atoms with Crippen LogP contribution in [0.4, 0.5) is 5.82 Å².